The predicted octanol–water partition coefficient (Wildman–Crippen LogP) is 3.17. The maximum Gasteiger partial charge on any atom is 0.319 e. The Bertz CT molecular complexity index is 849. The van der Waals surface area contributed by atoms with Crippen LogP contribution in [-0.4, -0.2) is 30.1 Å². The van der Waals surface area contributed by atoms with Gasteiger partial charge in [-0.05, 0) is 56.5 Å². The van der Waals surface area contributed by atoms with E-state index < -0.39 is 6.03 Å². The minimum atomic E-state index is -0.398. The van der Waals surface area contributed by atoms with Gasteiger partial charge in [0, 0.05) is 17.8 Å². The minimum absolute atomic E-state index is 0.152. The molecule has 27 heavy (non-hydrogen) atoms. The van der Waals surface area contributed by atoms with Gasteiger partial charge in [0.2, 0.25) is 0 Å². The first kappa shape index (κ1) is 18.7. The van der Waals surface area contributed by atoms with Crippen LogP contribution in [0.15, 0.2) is 36.5 Å². The van der Waals surface area contributed by atoms with E-state index in [-0.39, 0.29) is 18.0 Å². The molecule has 1 saturated carbocycles. The fourth-order valence-electron chi connectivity index (χ4n) is 2.82. The Labute approximate surface area is 158 Å². The highest BCUT2D eigenvalue weighted by Crippen LogP contribution is 2.27. The molecule has 0 spiro atoms. The van der Waals surface area contributed by atoms with Crippen molar-refractivity contribution in [3.63, 3.8) is 0 Å². The monoisotopic (exact) mass is 368 g/mol. The van der Waals surface area contributed by atoms with Crippen molar-refractivity contribution >= 4 is 17.6 Å². The second kappa shape index (κ2) is 8.07. The SMILES string of the molecule is COc1ccc(C(=O)NC2CC2)cc1NC(=O)NC(C)c1ncccc1C. The van der Waals surface area contributed by atoms with E-state index in [4.69, 9.17) is 4.74 Å². The Balaban J connectivity index is 1.70. The van der Waals surface area contributed by atoms with Gasteiger partial charge in [-0.3, -0.25) is 9.78 Å². The molecule has 3 amide bonds. The van der Waals surface area contributed by atoms with Crippen molar-refractivity contribution in [1.82, 2.24) is 15.6 Å². The lowest BCUT2D eigenvalue weighted by molar-refractivity contribution is 0.0951. The molecule has 1 unspecified atom stereocenters. The molecule has 1 atom stereocenters. The summed E-state index contributed by atoms with van der Waals surface area (Å²) in [7, 11) is 1.52. The highest BCUT2D eigenvalue weighted by atomic mass is 16.5. The first-order valence-electron chi connectivity index (χ1n) is 8.96. The van der Waals surface area contributed by atoms with Crippen LogP contribution in [0.4, 0.5) is 10.5 Å². The standard InChI is InChI=1S/C20H24N4O3/c1-12-5-4-10-21-18(12)13(2)22-20(26)24-16-11-14(6-9-17(16)27-3)19(25)23-15-7-8-15/h4-6,9-11,13,15H,7-8H2,1-3H3,(H,23,25)(H2,22,24,26). The normalized spacial score (nSPS) is 14.2. The van der Waals surface area contributed by atoms with Crippen LogP contribution < -0.4 is 20.7 Å². The van der Waals surface area contributed by atoms with Gasteiger partial charge in [0.05, 0.1) is 24.5 Å². The lowest BCUT2D eigenvalue weighted by Gasteiger charge is -2.17. The minimum Gasteiger partial charge on any atom is -0.495 e. The molecule has 0 saturated heterocycles. The van der Waals surface area contributed by atoms with Crippen LogP contribution in [0.3, 0.4) is 0 Å². The zero-order valence-electron chi connectivity index (χ0n) is 15.7. The summed E-state index contributed by atoms with van der Waals surface area (Å²) in [5.41, 5.74) is 2.72. The van der Waals surface area contributed by atoms with Gasteiger partial charge < -0.3 is 20.7 Å². The van der Waals surface area contributed by atoms with E-state index in [0.717, 1.165) is 24.1 Å². The molecule has 3 N–H and O–H groups in total. The van der Waals surface area contributed by atoms with Crippen molar-refractivity contribution < 1.29 is 14.3 Å². The molecule has 0 aliphatic heterocycles. The Morgan fingerprint density at radius 3 is 2.70 bits per heavy atom. The van der Waals surface area contributed by atoms with Crippen molar-refractivity contribution in [2.45, 2.75) is 38.8 Å². The van der Waals surface area contributed by atoms with Crippen LogP contribution in [0.1, 0.15) is 47.4 Å². The number of pyridine rings is 1. The van der Waals surface area contributed by atoms with E-state index in [1.165, 1.54) is 7.11 Å². The maximum absolute atomic E-state index is 12.4. The molecule has 0 radical (unpaired) electrons. The molecule has 0 bridgehead atoms. The van der Waals surface area contributed by atoms with Gasteiger partial charge in [0.25, 0.3) is 5.91 Å². The lowest BCUT2D eigenvalue weighted by atomic mass is 10.1. The number of rotatable bonds is 6. The smallest absolute Gasteiger partial charge is 0.319 e. The number of hydrogen-bond donors (Lipinski definition) is 3. The molecule has 1 heterocycles. The highest BCUT2D eigenvalue weighted by molar-refractivity contribution is 5.98. The summed E-state index contributed by atoms with van der Waals surface area (Å²) in [5.74, 6) is 0.330. The number of methoxy groups -OCH3 is 1. The summed E-state index contributed by atoms with van der Waals surface area (Å²) in [6, 6.07) is 8.37. The van der Waals surface area contributed by atoms with Gasteiger partial charge in [-0.25, -0.2) is 4.79 Å². The number of urea groups is 1. The molecular formula is C20H24N4O3. The number of nitrogens with zero attached hydrogens (tertiary/aromatic N) is 1. The molecule has 1 aliphatic carbocycles. The summed E-state index contributed by atoms with van der Waals surface area (Å²) in [5, 5.41) is 8.55. The van der Waals surface area contributed by atoms with Gasteiger partial charge in [-0.2, -0.15) is 0 Å². The number of aromatic nitrogens is 1. The number of benzene rings is 1. The molecule has 7 heteroatoms. The molecule has 1 aromatic carbocycles. The molecular weight excluding hydrogens is 344 g/mol. The Kier molecular flexibility index (Phi) is 5.59. The van der Waals surface area contributed by atoms with E-state index in [9.17, 15) is 9.59 Å². The number of nitrogens with one attached hydrogen (secondary N) is 3. The third-order valence-electron chi connectivity index (χ3n) is 4.43. The Hall–Kier alpha value is -3.09. The van der Waals surface area contributed by atoms with E-state index in [1.54, 1.807) is 24.4 Å². The lowest BCUT2D eigenvalue weighted by Crippen LogP contribution is -2.32. The van der Waals surface area contributed by atoms with E-state index >= 15 is 0 Å². The van der Waals surface area contributed by atoms with E-state index in [2.05, 4.69) is 20.9 Å². The summed E-state index contributed by atoms with van der Waals surface area (Å²) < 4.78 is 5.30. The van der Waals surface area contributed by atoms with Crippen molar-refractivity contribution in [2.24, 2.45) is 0 Å². The topological polar surface area (TPSA) is 92.4 Å². The molecule has 2 aromatic rings. The number of aryl methyl sites for hydroxylation is 1. The predicted molar refractivity (Wildman–Crippen MR) is 103 cm³/mol. The third-order valence-corrected chi connectivity index (χ3v) is 4.43. The fraction of sp³-hybridized carbons (Fsp3) is 0.350. The summed E-state index contributed by atoms with van der Waals surface area (Å²) in [6.45, 7) is 3.81. The molecule has 3 rings (SSSR count). The number of ether oxygens (including phenoxy) is 1. The van der Waals surface area contributed by atoms with Gasteiger partial charge in [0.1, 0.15) is 5.75 Å². The van der Waals surface area contributed by atoms with Crippen LogP contribution in [0.5, 0.6) is 5.75 Å². The van der Waals surface area contributed by atoms with E-state index in [1.807, 2.05) is 26.0 Å². The van der Waals surface area contributed by atoms with Crippen LogP contribution in [0.25, 0.3) is 0 Å². The number of carbonyl (C=O) groups is 2. The van der Waals surface area contributed by atoms with Crippen molar-refractivity contribution in [3.8, 4) is 5.75 Å². The van der Waals surface area contributed by atoms with Gasteiger partial charge in [-0.15, -0.1) is 0 Å². The average molecular weight is 368 g/mol. The molecule has 142 valence electrons. The number of hydrogen-bond acceptors (Lipinski definition) is 4. The first-order valence-corrected chi connectivity index (χ1v) is 8.96. The second-order valence-corrected chi connectivity index (χ2v) is 6.69. The molecule has 1 aromatic heterocycles. The van der Waals surface area contributed by atoms with Crippen LogP contribution in [0.2, 0.25) is 0 Å². The largest absolute Gasteiger partial charge is 0.495 e. The van der Waals surface area contributed by atoms with E-state index in [0.29, 0.717) is 17.0 Å². The molecule has 1 aliphatic rings. The number of amides is 3. The van der Waals surface area contributed by atoms with Gasteiger partial charge in [-0.1, -0.05) is 6.07 Å². The summed E-state index contributed by atoms with van der Waals surface area (Å²) >= 11 is 0. The zero-order valence-corrected chi connectivity index (χ0v) is 15.7. The van der Waals surface area contributed by atoms with Crippen LogP contribution in [0, 0.1) is 6.92 Å². The number of carbonyl (C=O) groups excluding carboxylic acids is 2. The number of anilines is 1. The van der Waals surface area contributed by atoms with Crippen molar-refractivity contribution in [3.05, 3.63) is 53.3 Å². The summed E-state index contributed by atoms with van der Waals surface area (Å²) in [4.78, 5) is 29.0. The van der Waals surface area contributed by atoms with Crippen molar-refractivity contribution in [2.75, 3.05) is 12.4 Å². The Morgan fingerprint density at radius 2 is 2.04 bits per heavy atom. The average Bonchev–Trinajstić information content (AvgIpc) is 3.45. The maximum atomic E-state index is 12.4. The van der Waals surface area contributed by atoms with Gasteiger partial charge in [0.15, 0.2) is 0 Å². The third kappa shape index (κ3) is 4.75. The fourth-order valence-corrected chi connectivity index (χ4v) is 2.82. The highest BCUT2D eigenvalue weighted by Gasteiger charge is 2.24. The van der Waals surface area contributed by atoms with Gasteiger partial charge >= 0.3 is 6.03 Å². The first-order chi connectivity index (χ1) is 13.0. The second-order valence-electron chi connectivity index (χ2n) is 6.69. The zero-order chi connectivity index (χ0) is 19.4. The molecule has 7 nitrogen and oxygen atoms in total. The molecule has 1 fully saturated rings. The van der Waals surface area contributed by atoms with Crippen LogP contribution >= 0.6 is 0 Å². The van der Waals surface area contributed by atoms with Crippen LogP contribution in [-0.2, 0) is 0 Å². The van der Waals surface area contributed by atoms with Crippen molar-refractivity contribution in [1.29, 1.82) is 0 Å². The Morgan fingerprint density at radius 1 is 1.26 bits per heavy atom. The quantitative estimate of drug-likeness (QED) is 0.730. The summed E-state index contributed by atoms with van der Waals surface area (Å²) in [6.07, 6.45) is 3.73.